The van der Waals surface area contributed by atoms with Gasteiger partial charge in [-0.25, -0.2) is 8.78 Å². The highest BCUT2D eigenvalue weighted by Gasteiger charge is 2.18. The minimum atomic E-state index is -0.573. The molecule has 1 amide bonds. The van der Waals surface area contributed by atoms with E-state index in [9.17, 15) is 18.4 Å². The Morgan fingerprint density at radius 2 is 1.91 bits per heavy atom. The molecule has 0 spiro atoms. The van der Waals surface area contributed by atoms with E-state index < -0.39 is 17.5 Å². The average molecular weight is 457 g/mol. The van der Waals surface area contributed by atoms with Crippen LogP contribution >= 0.6 is 11.8 Å². The zero-order chi connectivity index (χ0) is 22.7. The molecule has 0 bridgehead atoms. The first kappa shape index (κ1) is 22.1. The lowest BCUT2D eigenvalue weighted by Crippen LogP contribution is -2.15. The normalized spacial score (nSPS) is 13.3. The third kappa shape index (κ3) is 4.88. The van der Waals surface area contributed by atoms with Crippen LogP contribution in [-0.4, -0.2) is 32.2 Å². The molecule has 3 aromatic rings. The third-order valence-corrected chi connectivity index (χ3v) is 6.35. The molecule has 32 heavy (non-hydrogen) atoms. The van der Waals surface area contributed by atoms with Crippen molar-refractivity contribution in [1.82, 2.24) is 14.8 Å². The maximum absolute atomic E-state index is 14.4. The van der Waals surface area contributed by atoms with Crippen LogP contribution in [0.25, 0.3) is 11.4 Å². The van der Waals surface area contributed by atoms with Crippen LogP contribution in [0.2, 0.25) is 0 Å². The Balaban J connectivity index is 1.46. The van der Waals surface area contributed by atoms with E-state index in [0.717, 1.165) is 55.9 Å². The summed E-state index contributed by atoms with van der Waals surface area (Å²) in [6.45, 7) is 2.16. The van der Waals surface area contributed by atoms with Crippen molar-refractivity contribution in [1.29, 1.82) is 0 Å². The molecule has 1 aliphatic rings. The quantitative estimate of drug-likeness (QED) is 0.422. The van der Waals surface area contributed by atoms with Gasteiger partial charge in [-0.2, -0.15) is 0 Å². The standard InChI is InChI=1S/C23H22F2N4O2S/c1-14(30)15-7-9-20(18(25)11-15)32-13-22(31)26-19-12-16(6-8-17(19)24)23-28-27-21-5-3-2-4-10-29(21)23/h6-9,11-12H,2-5,10,13H2,1H3,(H,26,31). The van der Waals surface area contributed by atoms with Crippen LogP contribution in [0.15, 0.2) is 41.3 Å². The molecule has 2 aromatic carbocycles. The Labute approximate surface area is 188 Å². The molecule has 1 aromatic heterocycles. The largest absolute Gasteiger partial charge is 0.323 e. The van der Waals surface area contributed by atoms with Crippen molar-refractivity contribution in [2.45, 2.75) is 44.0 Å². The summed E-state index contributed by atoms with van der Waals surface area (Å²) in [4.78, 5) is 24.0. The van der Waals surface area contributed by atoms with E-state index in [4.69, 9.17) is 0 Å². The molecule has 1 aliphatic heterocycles. The first-order valence-electron chi connectivity index (χ1n) is 10.4. The number of nitrogens with one attached hydrogen (secondary N) is 1. The number of fused-ring (bicyclic) bond motifs is 1. The zero-order valence-electron chi connectivity index (χ0n) is 17.5. The Bertz CT molecular complexity index is 1180. The fourth-order valence-electron chi connectivity index (χ4n) is 3.63. The number of carbonyl (C=O) groups excluding carboxylic acids is 2. The van der Waals surface area contributed by atoms with E-state index in [0.29, 0.717) is 11.4 Å². The van der Waals surface area contributed by atoms with Gasteiger partial charge in [0.25, 0.3) is 0 Å². The summed E-state index contributed by atoms with van der Waals surface area (Å²) in [6, 6.07) is 8.57. The van der Waals surface area contributed by atoms with Crippen molar-refractivity contribution in [3.63, 3.8) is 0 Å². The van der Waals surface area contributed by atoms with E-state index in [-0.39, 0.29) is 27.7 Å². The van der Waals surface area contributed by atoms with Gasteiger partial charge in [0.1, 0.15) is 17.5 Å². The zero-order valence-corrected chi connectivity index (χ0v) is 18.3. The SMILES string of the molecule is CC(=O)c1ccc(SCC(=O)Nc2cc(-c3nnc4n3CCCCC4)ccc2F)c(F)c1. The number of aryl methyl sites for hydroxylation is 1. The van der Waals surface area contributed by atoms with Gasteiger partial charge in [-0.05, 0) is 50.1 Å². The second kappa shape index (κ2) is 9.60. The van der Waals surface area contributed by atoms with Crippen LogP contribution in [0.4, 0.5) is 14.5 Å². The Morgan fingerprint density at radius 3 is 2.69 bits per heavy atom. The number of hydrogen-bond acceptors (Lipinski definition) is 5. The summed E-state index contributed by atoms with van der Waals surface area (Å²) >= 11 is 0.976. The summed E-state index contributed by atoms with van der Waals surface area (Å²) < 4.78 is 30.6. The van der Waals surface area contributed by atoms with Crippen LogP contribution < -0.4 is 5.32 Å². The van der Waals surface area contributed by atoms with Crippen LogP contribution in [-0.2, 0) is 17.8 Å². The van der Waals surface area contributed by atoms with Gasteiger partial charge in [0, 0.05) is 29.0 Å². The molecule has 9 heteroatoms. The van der Waals surface area contributed by atoms with Gasteiger partial charge in [-0.3, -0.25) is 9.59 Å². The number of carbonyl (C=O) groups is 2. The van der Waals surface area contributed by atoms with Gasteiger partial charge in [0.2, 0.25) is 5.91 Å². The van der Waals surface area contributed by atoms with E-state index >= 15 is 0 Å². The monoisotopic (exact) mass is 456 g/mol. The molecule has 0 radical (unpaired) electrons. The summed E-state index contributed by atoms with van der Waals surface area (Å²) in [5, 5.41) is 11.1. The van der Waals surface area contributed by atoms with Gasteiger partial charge in [0.05, 0.1) is 11.4 Å². The maximum atomic E-state index is 14.4. The molecule has 0 unspecified atom stereocenters. The van der Waals surface area contributed by atoms with Crippen molar-refractivity contribution >= 4 is 29.1 Å². The summed E-state index contributed by atoms with van der Waals surface area (Å²) in [7, 11) is 0. The molecule has 0 saturated heterocycles. The second-order valence-corrected chi connectivity index (χ2v) is 8.65. The molecule has 0 aliphatic carbocycles. The number of aromatic nitrogens is 3. The van der Waals surface area contributed by atoms with Crippen LogP contribution in [0.1, 0.15) is 42.4 Å². The molecule has 0 fully saturated rings. The molecular weight excluding hydrogens is 434 g/mol. The molecule has 1 N–H and O–H groups in total. The number of amides is 1. The Hall–Kier alpha value is -3.07. The topological polar surface area (TPSA) is 76.9 Å². The predicted molar refractivity (Wildman–Crippen MR) is 119 cm³/mol. The predicted octanol–water partition coefficient (Wildman–Crippen LogP) is 4.88. The number of nitrogens with zero attached hydrogens (tertiary/aromatic N) is 3. The smallest absolute Gasteiger partial charge is 0.234 e. The molecule has 4 rings (SSSR count). The average Bonchev–Trinajstić information content (AvgIpc) is 3.02. The van der Waals surface area contributed by atoms with Gasteiger partial charge in [-0.15, -0.1) is 22.0 Å². The maximum Gasteiger partial charge on any atom is 0.234 e. The summed E-state index contributed by atoms with van der Waals surface area (Å²) in [6.07, 6.45) is 4.09. The van der Waals surface area contributed by atoms with E-state index in [1.807, 2.05) is 0 Å². The fourth-order valence-corrected chi connectivity index (χ4v) is 4.35. The Kier molecular flexibility index (Phi) is 6.64. The molecular formula is C23H22F2N4O2S. The van der Waals surface area contributed by atoms with Crippen LogP contribution in [0, 0.1) is 11.6 Å². The fraction of sp³-hybridized carbons (Fsp3) is 0.304. The number of anilines is 1. The second-order valence-electron chi connectivity index (χ2n) is 7.63. The number of benzene rings is 2. The summed E-state index contributed by atoms with van der Waals surface area (Å²) in [5.74, 6) is -0.392. The van der Waals surface area contributed by atoms with Gasteiger partial charge < -0.3 is 9.88 Å². The molecule has 0 atom stereocenters. The number of ketones is 1. The minimum absolute atomic E-state index is 0.0338. The lowest BCUT2D eigenvalue weighted by Gasteiger charge is -2.11. The van der Waals surface area contributed by atoms with Crippen molar-refractivity contribution in [3.8, 4) is 11.4 Å². The van der Waals surface area contributed by atoms with Crippen molar-refractivity contribution in [2.24, 2.45) is 0 Å². The van der Waals surface area contributed by atoms with Crippen LogP contribution in [0.3, 0.4) is 0 Å². The van der Waals surface area contributed by atoms with Crippen molar-refractivity contribution in [3.05, 3.63) is 59.4 Å². The van der Waals surface area contributed by atoms with E-state index in [2.05, 4.69) is 20.1 Å². The lowest BCUT2D eigenvalue weighted by molar-refractivity contribution is -0.113. The first-order chi connectivity index (χ1) is 15.4. The first-order valence-corrected chi connectivity index (χ1v) is 11.4. The minimum Gasteiger partial charge on any atom is -0.323 e. The van der Waals surface area contributed by atoms with Crippen molar-refractivity contribution in [2.75, 3.05) is 11.1 Å². The number of rotatable bonds is 6. The molecule has 0 saturated carbocycles. The highest BCUT2D eigenvalue weighted by atomic mass is 32.2. The number of halogens is 2. The van der Waals surface area contributed by atoms with Crippen LogP contribution in [0.5, 0.6) is 0 Å². The summed E-state index contributed by atoms with van der Waals surface area (Å²) in [5.41, 5.74) is 0.967. The molecule has 6 nitrogen and oxygen atoms in total. The number of hydrogen-bond donors (Lipinski definition) is 1. The van der Waals surface area contributed by atoms with E-state index in [1.54, 1.807) is 12.1 Å². The Morgan fingerprint density at radius 1 is 1.06 bits per heavy atom. The van der Waals surface area contributed by atoms with Gasteiger partial charge in [0.15, 0.2) is 11.6 Å². The highest BCUT2D eigenvalue weighted by molar-refractivity contribution is 8.00. The number of Topliss-reactive ketones (excluding diaryl/α,β-unsaturated/α-hetero) is 1. The van der Waals surface area contributed by atoms with E-state index in [1.165, 1.54) is 25.1 Å². The third-order valence-electron chi connectivity index (χ3n) is 5.31. The molecule has 166 valence electrons. The highest BCUT2D eigenvalue weighted by Crippen LogP contribution is 2.27. The molecule has 2 heterocycles. The lowest BCUT2D eigenvalue weighted by atomic mass is 10.1. The van der Waals surface area contributed by atoms with Crippen molar-refractivity contribution < 1.29 is 18.4 Å². The number of thioether (sulfide) groups is 1. The van der Waals surface area contributed by atoms with Gasteiger partial charge in [-0.1, -0.05) is 12.5 Å². The van der Waals surface area contributed by atoms with Gasteiger partial charge >= 0.3 is 0 Å².